The van der Waals surface area contributed by atoms with Gasteiger partial charge in [0.2, 0.25) is 5.91 Å². The molecule has 0 radical (unpaired) electrons. The summed E-state index contributed by atoms with van der Waals surface area (Å²) in [7, 11) is 0. The molecule has 3 nitrogen and oxygen atoms in total. The first kappa shape index (κ1) is 11.9. The third kappa shape index (κ3) is 1.86. The molecule has 1 heterocycles. The first-order valence-corrected chi connectivity index (χ1v) is 6.60. The van der Waals surface area contributed by atoms with Gasteiger partial charge in [0, 0.05) is 6.04 Å². The van der Waals surface area contributed by atoms with Gasteiger partial charge in [0.1, 0.15) is 0 Å². The van der Waals surface area contributed by atoms with E-state index in [1.165, 1.54) is 0 Å². The van der Waals surface area contributed by atoms with Crippen LogP contribution in [0.1, 0.15) is 53.4 Å². The van der Waals surface area contributed by atoms with Crippen LogP contribution in [0.15, 0.2) is 0 Å². The number of hydrogen-bond donors (Lipinski definition) is 1. The third-order valence-corrected chi connectivity index (χ3v) is 3.85. The van der Waals surface area contributed by atoms with Crippen molar-refractivity contribution in [1.82, 2.24) is 10.2 Å². The molecule has 2 atom stereocenters. The Labute approximate surface area is 98.6 Å². The topological polar surface area (TPSA) is 32.3 Å². The fourth-order valence-corrected chi connectivity index (χ4v) is 2.92. The molecule has 2 rings (SSSR count). The number of nitrogens with one attached hydrogen (secondary N) is 1. The van der Waals surface area contributed by atoms with Gasteiger partial charge in [-0.2, -0.15) is 0 Å². The van der Waals surface area contributed by atoms with E-state index in [0.29, 0.717) is 17.9 Å². The molecule has 2 aliphatic rings. The Balaban J connectivity index is 2.09. The van der Waals surface area contributed by atoms with E-state index in [0.717, 1.165) is 25.7 Å². The first-order chi connectivity index (χ1) is 7.50. The Bertz CT molecular complexity index is 284. The molecule has 2 fully saturated rings. The molecule has 1 aliphatic carbocycles. The standard InChI is InChI=1S/C13H24N2O/c1-5-11-14-13(6-7-13)12(16)15(11)10(4)8-9(2)3/h9-11,14H,5-8H2,1-4H3. The van der Waals surface area contributed by atoms with Gasteiger partial charge in [0.15, 0.2) is 0 Å². The van der Waals surface area contributed by atoms with Gasteiger partial charge in [-0.05, 0) is 38.5 Å². The van der Waals surface area contributed by atoms with Crippen LogP contribution in [0.5, 0.6) is 0 Å². The van der Waals surface area contributed by atoms with Crippen molar-refractivity contribution >= 4 is 5.91 Å². The minimum absolute atomic E-state index is 0.147. The van der Waals surface area contributed by atoms with E-state index in [-0.39, 0.29) is 11.7 Å². The van der Waals surface area contributed by atoms with Gasteiger partial charge in [-0.15, -0.1) is 0 Å². The highest BCUT2D eigenvalue weighted by atomic mass is 16.2. The Kier molecular flexibility index (Phi) is 2.99. The number of carbonyl (C=O) groups is 1. The zero-order valence-electron chi connectivity index (χ0n) is 10.9. The van der Waals surface area contributed by atoms with Crippen LogP contribution >= 0.6 is 0 Å². The molecule has 3 heteroatoms. The molecule has 0 aromatic rings. The van der Waals surface area contributed by atoms with Gasteiger partial charge in [0.25, 0.3) is 0 Å². The fraction of sp³-hybridized carbons (Fsp3) is 0.923. The highest BCUT2D eigenvalue weighted by molar-refractivity contribution is 5.92. The highest BCUT2D eigenvalue weighted by Gasteiger charge is 2.59. The van der Waals surface area contributed by atoms with Crippen LogP contribution in [-0.2, 0) is 4.79 Å². The minimum Gasteiger partial charge on any atom is -0.323 e. The van der Waals surface area contributed by atoms with Crippen LogP contribution in [0.2, 0.25) is 0 Å². The minimum atomic E-state index is -0.147. The predicted molar refractivity (Wildman–Crippen MR) is 64.9 cm³/mol. The quantitative estimate of drug-likeness (QED) is 0.793. The summed E-state index contributed by atoms with van der Waals surface area (Å²) in [5, 5.41) is 3.52. The smallest absolute Gasteiger partial charge is 0.244 e. The van der Waals surface area contributed by atoms with Crippen LogP contribution in [0.3, 0.4) is 0 Å². The zero-order valence-corrected chi connectivity index (χ0v) is 10.9. The van der Waals surface area contributed by atoms with Crippen LogP contribution < -0.4 is 5.32 Å². The fourth-order valence-electron chi connectivity index (χ4n) is 2.92. The molecule has 1 amide bonds. The van der Waals surface area contributed by atoms with Crippen LogP contribution in [0.25, 0.3) is 0 Å². The molecule has 92 valence electrons. The van der Waals surface area contributed by atoms with Crippen LogP contribution in [0, 0.1) is 5.92 Å². The average Bonchev–Trinajstić information content (AvgIpc) is 2.89. The molecule has 16 heavy (non-hydrogen) atoms. The van der Waals surface area contributed by atoms with Crippen molar-refractivity contribution < 1.29 is 4.79 Å². The van der Waals surface area contributed by atoms with Gasteiger partial charge >= 0.3 is 0 Å². The summed E-state index contributed by atoms with van der Waals surface area (Å²) in [5.74, 6) is 1.00. The number of hydrogen-bond acceptors (Lipinski definition) is 2. The Morgan fingerprint density at radius 3 is 2.50 bits per heavy atom. The number of amides is 1. The van der Waals surface area contributed by atoms with Crippen molar-refractivity contribution in [3.63, 3.8) is 0 Å². The van der Waals surface area contributed by atoms with E-state index in [9.17, 15) is 4.79 Å². The molecule has 0 aromatic carbocycles. The lowest BCUT2D eigenvalue weighted by Crippen LogP contribution is -2.43. The predicted octanol–water partition coefficient (Wildman–Crippen LogP) is 2.12. The second-order valence-corrected chi connectivity index (χ2v) is 5.84. The summed E-state index contributed by atoms with van der Waals surface area (Å²) in [6.07, 6.45) is 4.44. The van der Waals surface area contributed by atoms with Crippen molar-refractivity contribution in [2.75, 3.05) is 0 Å². The number of carbonyl (C=O) groups excluding carboxylic acids is 1. The molecular formula is C13H24N2O. The van der Waals surface area contributed by atoms with Gasteiger partial charge in [0.05, 0.1) is 11.7 Å². The lowest BCUT2D eigenvalue weighted by molar-refractivity contribution is -0.133. The Morgan fingerprint density at radius 1 is 1.44 bits per heavy atom. The maximum Gasteiger partial charge on any atom is 0.244 e. The van der Waals surface area contributed by atoms with Crippen LogP contribution in [-0.4, -0.2) is 28.6 Å². The molecule has 2 unspecified atom stereocenters. The molecule has 1 spiro atoms. The summed E-state index contributed by atoms with van der Waals surface area (Å²) in [6.45, 7) is 8.78. The second kappa shape index (κ2) is 4.02. The first-order valence-electron chi connectivity index (χ1n) is 6.60. The van der Waals surface area contributed by atoms with E-state index >= 15 is 0 Å². The lowest BCUT2D eigenvalue weighted by Gasteiger charge is -2.30. The molecule has 1 saturated heterocycles. The highest BCUT2D eigenvalue weighted by Crippen LogP contribution is 2.43. The molecular weight excluding hydrogens is 200 g/mol. The molecule has 0 aromatic heterocycles. The zero-order chi connectivity index (χ0) is 11.9. The maximum absolute atomic E-state index is 12.3. The van der Waals surface area contributed by atoms with Gasteiger partial charge in [-0.1, -0.05) is 20.8 Å². The van der Waals surface area contributed by atoms with Gasteiger partial charge < -0.3 is 4.90 Å². The Hall–Kier alpha value is -0.570. The summed E-state index contributed by atoms with van der Waals surface area (Å²) in [6, 6.07) is 0.366. The second-order valence-electron chi connectivity index (χ2n) is 5.84. The summed E-state index contributed by atoms with van der Waals surface area (Å²) < 4.78 is 0. The summed E-state index contributed by atoms with van der Waals surface area (Å²) in [5.41, 5.74) is -0.147. The van der Waals surface area contributed by atoms with E-state index in [4.69, 9.17) is 0 Å². The van der Waals surface area contributed by atoms with Crippen molar-refractivity contribution in [3.05, 3.63) is 0 Å². The van der Waals surface area contributed by atoms with Gasteiger partial charge in [-0.25, -0.2) is 0 Å². The Morgan fingerprint density at radius 2 is 2.06 bits per heavy atom. The number of nitrogens with zero attached hydrogens (tertiary/aromatic N) is 1. The van der Waals surface area contributed by atoms with Crippen molar-refractivity contribution in [2.45, 2.75) is 71.1 Å². The number of rotatable bonds is 4. The molecule has 1 N–H and O–H groups in total. The summed E-state index contributed by atoms with van der Waals surface area (Å²) in [4.78, 5) is 14.4. The average molecular weight is 224 g/mol. The normalized spacial score (nSPS) is 29.2. The van der Waals surface area contributed by atoms with E-state index in [2.05, 4.69) is 37.9 Å². The molecule has 1 saturated carbocycles. The van der Waals surface area contributed by atoms with Crippen LogP contribution in [0.4, 0.5) is 0 Å². The lowest BCUT2D eigenvalue weighted by atomic mass is 10.0. The van der Waals surface area contributed by atoms with E-state index in [1.54, 1.807) is 0 Å². The molecule has 1 aliphatic heterocycles. The monoisotopic (exact) mass is 224 g/mol. The van der Waals surface area contributed by atoms with Crippen molar-refractivity contribution in [2.24, 2.45) is 5.92 Å². The van der Waals surface area contributed by atoms with E-state index in [1.807, 2.05) is 0 Å². The maximum atomic E-state index is 12.3. The summed E-state index contributed by atoms with van der Waals surface area (Å²) >= 11 is 0. The van der Waals surface area contributed by atoms with E-state index < -0.39 is 0 Å². The van der Waals surface area contributed by atoms with Gasteiger partial charge in [-0.3, -0.25) is 10.1 Å². The largest absolute Gasteiger partial charge is 0.323 e. The third-order valence-electron chi connectivity index (χ3n) is 3.85. The SMILES string of the molecule is CCC1NC2(CC2)C(=O)N1C(C)CC(C)C. The van der Waals surface area contributed by atoms with Crippen molar-refractivity contribution in [1.29, 1.82) is 0 Å². The molecule has 0 bridgehead atoms. The van der Waals surface area contributed by atoms with Crippen molar-refractivity contribution in [3.8, 4) is 0 Å².